The highest BCUT2D eigenvalue weighted by Crippen LogP contribution is 2.19. The van der Waals surface area contributed by atoms with Crippen LogP contribution in [0.2, 0.25) is 0 Å². The van der Waals surface area contributed by atoms with E-state index >= 15 is 0 Å². The number of methoxy groups -OCH3 is 1. The van der Waals surface area contributed by atoms with E-state index in [-0.39, 0.29) is 11.8 Å². The van der Waals surface area contributed by atoms with Gasteiger partial charge in [0.05, 0.1) is 25.7 Å². The van der Waals surface area contributed by atoms with Crippen molar-refractivity contribution >= 4 is 11.9 Å². The molecule has 32 heavy (non-hydrogen) atoms. The van der Waals surface area contributed by atoms with Crippen molar-refractivity contribution in [1.82, 2.24) is 15.1 Å². The summed E-state index contributed by atoms with van der Waals surface area (Å²) < 4.78 is 10.7. The number of ether oxygens (including phenoxy) is 2. The van der Waals surface area contributed by atoms with E-state index in [1.54, 1.807) is 7.11 Å². The van der Waals surface area contributed by atoms with Gasteiger partial charge >= 0.3 is 0 Å². The lowest BCUT2D eigenvalue weighted by atomic mass is 9.97. The molecule has 0 aromatic heterocycles. The van der Waals surface area contributed by atoms with Gasteiger partial charge in [0.1, 0.15) is 0 Å². The molecule has 3 rings (SSSR count). The number of nitrogens with one attached hydrogen (secondary N) is 1. The normalized spacial score (nSPS) is 22.3. The lowest BCUT2D eigenvalue weighted by Crippen LogP contribution is -2.40. The highest BCUT2D eigenvalue weighted by molar-refractivity contribution is 5.80. The third-order valence-corrected chi connectivity index (χ3v) is 6.34. The van der Waals surface area contributed by atoms with Crippen LogP contribution in [0.5, 0.6) is 0 Å². The van der Waals surface area contributed by atoms with Crippen LogP contribution in [0.1, 0.15) is 30.4 Å². The number of nitrogens with two attached hydrogens (primary N) is 1. The van der Waals surface area contributed by atoms with Gasteiger partial charge in [-0.15, -0.1) is 0 Å². The second kappa shape index (κ2) is 12.8. The van der Waals surface area contributed by atoms with E-state index in [0.717, 1.165) is 71.1 Å². The summed E-state index contributed by atoms with van der Waals surface area (Å²) in [5.41, 5.74) is 8.01. The Bertz CT molecular complexity index is 757. The number of rotatable bonds is 10. The number of carbonyl (C=O) groups is 1. The van der Waals surface area contributed by atoms with Gasteiger partial charge in [-0.2, -0.15) is 0 Å². The van der Waals surface area contributed by atoms with Crippen molar-refractivity contribution in [2.24, 2.45) is 22.6 Å². The van der Waals surface area contributed by atoms with Crippen LogP contribution in [-0.2, 0) is 27.4 Å². The summed E-state index contributed by atoms with van der Waals surface area (Å²) in [6.07, 6.45) is 3.05. The molecular weight excluding hydrogens is 406 g/mol. The lowest BCUT2D eigenvalue weighted by molar-refractivity contribution is -0.123. The Morgan fingerprint density at radius 3 is 2.84 bits per heavy atom. The standard InChI is InChI=1S/C24H39N5O3/c1-26-24(29-10-8-21(16-29)18-32-12-11-31-2)27-14-19-5-3-6-20(13-19)15-28-9-4-7-22(17-28)23(25)30/h3,5-6,13,21-22H,4,7-12,14-18H2,1-2H3,(H2,25,30)(H,26,27). The summed E-state index contributed by atoms with van der Waals surface area (Å²) in [7, 11) is 3.53. The van der Waals surface area contributed by atoms with E-state index in [2.05, 4.69) is 44.4 Å². The van der Waals surface area contributed by atoms with E-state index in [0.29, 0.717) is 19.1 Å². The Balaban J connectivity index is 1.46. The topological polar surface area (TPSA) is 92.4 Å². The zero-order valence-corrected chi connectivity index (χ0v) is 19.6. The van der Waals surface area contributed by atoms with Crippen molar-refractivity contribution in [2.75, 3.05) is 60.2 Å². The molecule has 2 aliphatic rings. The first kappa shape index (κ1) is 24.5. The Morgan fingerprint density at radius 2 is 2.06 bits per heavy atom. The van der Waals surface area contributed by atoms with Crippen LogP contribution in [-0.4, -0.2) is 81.8 Å². The van der Waals surface area contributed by atoms with E-state index in [9.17, 15) is 4.79 Å². The zero-order valence-electron chi connectivity index (χ0n) is 19.6. The van der Waals surface area contributed by atoms with Crippen LogP contribution in [0.4, 0.5) is 0 Å². The van der Waals surface area contributed by atoms with Crippen LogP contribution in [0.25, 0.3) is 0 Å². The highest BCUT2D eigenvalue weighted by atomic mass is 16.5. The molecule has 0 aliphatic carbocycles. The lowest BCUT2D eigenvalue weighted by Gasteiger charge is -2.31. The summed E-state index contributed by atoms with van der Waals surface area (Å²) in [6, 6.07) is 8.64. The van der Waals surface area contributed by atoms with Gasteiger partial charge < -0.3 is 25.4 Å². The Hall–Kier alpha value is -2.16. The smallest absolute Gasteiger partial charge is 0.221 e. The molecule has 2 atom stereocenters. The molecular formula is C24H39N5O3. The van der Waals surface area contributed by atoms with Crippen LogP contribution in [0.3, 0.4) is 0 Å². The molecule has 1 amide bonds. The van der Waals surface area contributed by atoms with Crippen molar-refractivity contribution < 1.29 is 14.3 Å². The summed E-state index contributed by atoms with van der Waals surface area (Å²) in [4.78, 5) is 20.7. The first-order chi connectivity index (χ1) is 15.6. The molecule has 8 nitrogen and oxygen atoms in total. The summed E-state index contributed by atoms with van der Waals surface area (Å²) in [5, 5.41) is 3.52. The maximum Gasteiger partial charge on any atom is 0.221 e. The fourth-order valence-electron chi connectivity index (χ4n) is 4.59. The number of benzene rings is 1. The van der Waals surface area contributed by atoms with E-state index in [4.69, 9.17) is 15.2 Å². The van der Waals surface area contributed by atoms with Crippen molar-refractivity contribution in [3.05, 3.63) is 35.4 Å². The van der Waals surface area contributed by atoms with Crippen LogP contribution in [0, 0.1) is 11.8 Å². The number of guanidine groups is 1. The fraction of sp³-hybridized carbons (Fsp3) is 0.667. The molecule has 2 unspecified atom stereocenters. The fourth-order valence-corrected chi connectivity index (χ4v) is 4.59. The van der Waals surface area contributed by atoms with Crippen LogP contribution < -0.4 is 11.1 Å². The van der Waals surface area contributed by atoms with Crippen molar-refractivity contribution in [3.63, 3.8) is 0 Å². The Morgan fingerprint density at radius 1 is 1.22 bits per heavy atom. The predicted octanol–water partition coefficient (Wildman–Crippen LogP) is 1.44. The number of aliphatic imine (C=N–C) groups is 1. The van der Waals surface area contributed by atoms with E-state index in [1.165, 1.54) is 11.1 Å². The maximum absolute atomic E-state index is 11.6. The largest absolute Gasteiger partial charge is 0.382 e. The molecule has 2 heterocycles. The number of hydrogen-bond acceptors (Lipinski definition) is 5. The first-order valence-electron chi connectivity index (χ1n) is 11.7. The SMILES string of the molecule is CN=C(NCc1cccc(CN2CCCC(C(N)=O)C2)c1)N1CCC(COCCOC)C1. The number of nitrogens with zero attached hydrogens (tertiary/aromatic N) is 3. The van der Waals surface area contributed by atoms with Crippen LogP contribution in [0.15, 0.2) is 29.3 Å². The Kier molecular flexibility index (Phi) is 9.77. The molecule has 178 valence electrons. The molecule has 1 aromatic rings. The van der Waals surface area contributed by atoms with Gasteiger partial charge in [-0.25, -0.2) is 0 Å². The molecule has 0 radical (unpaired) electrons. The third kappa shape index (κ3) is 7.46. The quantitative estimate of drug-likeness (QED) is 0.322. The average Bonchev–Trinajstić information content (AvgIpc) is 3.26. The monoisotopic (exact) mass is 445 g/mol. The molecule has 8 heteroatoms. The van der Waals surface area contributed by atoms with Gasteiger partial charge in [-0.05, 0) is 36.9 Å². The number of carbonyl (C=O) groups excluding carboxylic acids is 1. The summed E-state index contributed by atoms with van der Waals surface area (Å²) >= 11 is 0. The molecule has 2 aliphatic heterocycles. The van der Waals surface area contributed by atoms with Gasteiger partial charge in [0.15, 0.2) is 5.96 Å². The molecule has 0 bridgehead atoms. The van der Waals surface area contributed by atoms with Crippen molar-refractivity contribution in [1.29, 1.82) is 0 Å². The molecule has 0 saturated carbocycles. The van der Waals surface area contributed by atoms with Gasteiger partial charge in [-0.1, -0.05) is 24.3 Å². The second-order valence-corrected chi connectivity index (χ2v) is 8.87. The van der Waals surface area contributed by atoms with Gasteiger partial charge in [-0.3, -0.25) is 14.7 Å². The number of likely N-dealkylation sites (tertiary alicyclic amines) is 2. The summed E-state index contributed by atoms with van der Waals surface area (Å²) in [5.74, 6) is 1.27. The van der Waals surface area contributed by atoms with Crippen LogP contribution >= 0.6 is 0 Å². The van der Waals surface area contributed by atoms with E-state index in [1.807, 2.05) is 7.05 Å². The van der Waals surface area contributed by atoms with Gasteiger partial charge in [0.2, 0.25) is 5.91 Å². The molecule has 2 fully saturated rings. The molecule has 3 N–H and O–H groups in total. The number of amides is 1. The summed E-state index contributed by atoms with van der Waals surface area (Å²) in [6.45, 7) is 7.38. The molecule has 2 saturated heterocycles. The first-order valence-corrected chi connectivity index (χ1v) is 11.7. The third-order valence-electron chi connectivity index (χ3n) is 6.34. The molecule has 0 spiro atoms. The minimum atomic E-state index is -0.176. The highest BCUT2D eigenvalue weighted by Gasteiger charge is 2.25. The number of piperidine rings is 1. The van der Waals surface area contributed by atoms with E-state index < -0.39 is 0 Å². The van der Waals surface area contributed by atoms with Crippen molar-refractivity contribution in [3.8, 4) is 0 Å². The number of hydrogen-bond donors (Lipinski definition) is 2. The second-order valence-electron chi connectivity index (χ2n) is 8.87. The number of primary amides is 1. The average molecular weight is 446 g/mol. The van der Waals surface area contributed by atoms with Gasteiger partial charge in [0, 0.05) is 52.8 Å². The predicted molar refractivity (Wildman–Crippen MR) is 126 cm³/mol. The minimum Gasteiger partial charge on any atom is -0.382 e. The van der Waals surface area contributed by atoms with Crippen molar-refractivity contribution in [2.45, 2.75) is 32.4 Å². The Labute approximate surface area is 192 Å². The molecule has 1 aromatic carbocycles. The maximum atomic E-state index is 11.6. The zero-order chi connectivity index (χ0) is 22.8. The minimum absolute atomic E-state index is 0.0217. The van der Waals surface area contributed by atoms with Gasteiger partial charge in [0.25, 0.3) is 0 Å².